The molecule has 25 heavy (non-hydrogen) atoms. The van der Waals surface area contributed by atoms with Crippen molar-refractivity contribution in [2.75, 3.05) is 20.2 Å². The standard InChI is InChI=1S/C17H21ClN4O2S/c1-20-15(13-5-3-4-6-14(13)18)19-22(17(20)25)11-21-9-7-12(8-10-21)16(23)24-2/h3-6,12H,7-11H2,1-2H3/p+1. The van der Waals surface area contributed by atoms with E-state index in [0.717, 1.165) is 37.3 Å². The Balaban J connectivity index is 1.75. The van der Waals surface area contributed by atoms with Crippen LogP contribution in [0.15, 0.2) is 24.3 Å². The van der Waals surface area contributed by atoms with Gasteiger partial charge in [0, 0.05) is 25.5 Å². The highest BCUT2D eigenvalue weighted by Crippen LogP contribution is 2.25. The van der Waals surface area contributed by atoms with E-state index in [9.17, 15) is 4.79 Å². The third-order valence-corrected chi connectivity index (χ3v) is 5.57. The number of hydrogen-bond acceptors (Lipinski definition) is 4. The zero-order valence-electron chi connectivity index (χ0n) is 14.4. The Hall–Kier alpha value is -1.70. The zero-order chi connectivity index (χ0) is 18.0. The second-order valence-corrected chi connectivity index (χ2v) is 7.12. The van der Waals surface area contributed by atoms with Crippen LogP contribution in [0.1, 0.15) is 12.8 Å². The molecule has 3 rings (SSSR count). The number of halogens is 1. The molecule has 1 saturated heterocycles. The number of piperidine rings is 1. The number of esters is 1. The first-order valence-electron chi connectivity index (χ1n) is 8.31. The SMILES string of the molecule is COC(=O)C1CC[NH+](Cn2nc(-c3ccccc3Cl)n(C)c2=S)CC1. The first-order chi connectivity index (χ1) is 12.0. The largest absolute Gasteiger partial charge is 0.469 e. The summed E-state index contributed by atoms with van der Waals surface area (Å²) in [6.45, 7) is 2.49. The molecule has 0 bridgehead atoms. The number of rotatable bonds is 4. The molecule has 0 atom stereocenters. The van der Waals surface area contributed by atoms with Crippen molar-refractivity contribution in [3.8, 4) is 11.4 Å². The van der Waals surface area contributed by atoms with Crippen molar-refractivity contribution < 1.29 is 14.4 Å². The smallest absolute Gasteiger partial charge is 0.309 e. The summed E-state index contributed by atoms with van der Waals surface area (Å²) in [6, 6.07) is 7.62. The van der Waals surface area contributed by atoms with Crippen LogP contribution < -0.4 is 4.90 Å². The third kappa shape index (κ3) is 3.78. The fourth-order valence-electron chi connectivity index (χ4n) is 3.27. The third-order valence-electron chi connectivity index (χ3n) is 4.76. The molecule has 2 heterocycles. The van der Waals surface area contributed by atoms with Crippen LogP contribution in [0.5, 0.6) is 0 Å². The van der Waals surface area contributed by atoms with Crippen LogP contribution in [0.3, 0.4) is 0 Å². The van der Waals surface area contributed by atoms with Crippen LogP contribution >= 0.6 is 23.8 Å². The molecule has 0 spiro atoms. The van der Waals surface area contributed by atoms with Crippen molar-refractivity contribution >= 4 is 29.8 Å². The Morgan fingerprint density at radius 2 is 2.08 bits per heavy atom. The van der Waals surface area contributed by atoms with E-state index in [4.69, 9.17) is 28.6 Å². The van der Waals surface area contributed by atoms with Gasteiger partial charge in [0.1, 0.15) is 0 Å². The number of carbonyl (C=O) groups excluding carboxylic acids is 1. The summed E-state index contributed by atoms with van der Waals surface area (Å²) in [5.74, 6) is 0.679. The van der Waals surface area contributed by atoms with Gasteiger partial charge in [-0.25, -0.2) is 0 Å². The first kappa shape index (κ1) is 18.1. The maximum Gasteiger partial charge on any atom is 0.309 e. The lowest BCUT2D eigenvalue weighted by Crippen LogP contribution is -3.12. The van der Waals surface area contributed by atoms with E-state index in [-0.39, 0.29) is 11.9 Å². The molecule has 1 aliphatic rings. The van der Waals surface area contributed by atoms with E-state index in [1.807, 2.05) is 40.6 Å². The summed E-state index contributed by atoms with van der Waals surface area (Å²) in [6.07, 6.45) is 1.67. The highest BCUT2D eigenvalue weighted by molar-refractivity contribution is 7.71. The van der Waals surface area contributed by atoms with Crippen LogP contribution in [0.25, 0.3) is 11.4 Å². The number of likely N-dealkylation sites (tertiary alicyclic amines) is 1. The lowest BCUT2D eigenvalue weighted by molar-refractivity contribution is -0.929. The number of aromatic nitrogens is 3. The average Bonchev–Trinajstić information content (AvgIpc) is 2.90. The monoisotopic (exact) mass is 381 g/mol. The van der Waals surface area contributed by atoms with Gasteiger partial charge >= 0.3 is 5.97 Å². The van der Waals surface area contributed by atoms with Gasteiger partial charge in [0.05, 0.1) is 31.1 Å². The van der Waals surface area contributed by atoms with Gasteiger partial charge in [-0.15, -0.1) is 5.10 Å². The molecule has 8 heteroatoms. The Bertz CT molecular complexity index is 824. The van der Waals surface area contributed by atoms with Crippen LogP contribution in [0.4, 0.5) is 0 Å². The highest BCUT2D eigenvalue weighted by atomic mass is 35.5. The van der Waals surface area contributed by atoms with Crippen LogP contribution in [-0.4, -0.2) is 40.5 Å². The van der Waals surface area contributed by atoms with Gasteiger partial charge in [-0.2, -0.15) is 4.68 Å². The molecule has 1 aliphatic heterocycles. The number of nitrogens with zero attached hydrogens (tertiary/aromatic N) is 3. The van der Waals surface area contributed by atoms with E-state index in [2.05, 4.69) is 5.10 Å². The molecule has 134 valence electrons. The van der Waals surface area contributed by atoms with E-state index in [1.54, 1.807) is 0 Å². The van der Waals surface area contributed by atoms with Gasteiger partial charge in [-0.3, -0.25) is 4.79 Å². The molecule has 0 aliphatic carbocycles. The lowest BCUT2D eigenvalue weighted by atomic mass is 9.97. The summed E-state index contributed by atoms with van der Waals surface area (Å²) in [5, 5.41) is 5.34. The molecular weight excluding hydrogens is 360 g/mol. The quantitative estimate of drug-likeness (QED) is 0.647. The number of quaternary nitrogens is 1. The summed E-state index contributed by atoms with van der Waals surface area (Å²) < 4.78 is 9.24. The number of methoxy groups -OCH3 is 1. The molecule has 2 aromatic rings. The van der Waals surface area contributed by atoms with Gasteiger partial charge in [-0.05, 0) is 24.4 Å². The number of carbonyl (C=O) groups is 1. The van der Waals surface area contributed by atoms with E-state index >= 15 is 0 Å². The molecule has 6 nitrogen and oxygen atoms in total. The van der Waals surface area contributed by atoms with Gasteiger partial charge in [-0.1, -0.05) is 23.7 Å². The number of hydrogen-bond donors (Lipinski definition) is 1. The average molecular weight is 382 g/mol. The second kappa shape index (κ2) is 7.68. The molecule has 1 aromatic carbocycles. The summed E-state index contributed by atoms with van der Waals surface area (Å²) in [5.41, 5.74) is 0.871. The first-order valence-corrected chi connectivity index (χ1v) is 9.10. The number of ether oxygens (including phenoxy) is 1. The normalized spacial score (nSPS) is 20.4. The highest BCUT2D eigenvalue weighted by Gasteiger charge is 2.28. The summed E-state index contributed by atoms with van der Waals surface area (Å²) in [4.78, 5) is 13.0. The second-order valence-electron chi connectivity index (χ2n) is 6.35. The molecule has 0 saturated carbocycles. The minimum atomic E-state index is -0.102. The van der Waals surface area contributed by atoms with Gasteiger partial charge in [0.15, 0.2) is 12.5 Å². The fraction of sp³-hybridized carbons (Fsp3) is 0.471. The molecule has 0 amide bonds. The summed E-state index contributed by atoms with van der Waals surface area (Å²) >= 11 is 11.8. The molecular formula is C17H22ClN4O2S+. The zero-order valence-corrected chi connectivity index (χ0v) is 15.9. The van der Waals surface area contributed by atoms with Crippen molar-refractivity contribution in [1.29, 1.82) is 0 Å². The van der Waals surface area contributed by atoms with Crippen molar-refractivity contribution in [2.45, 2.75) is 19.5 Å². The summed E-state index contributed by atoms with van der Waals surface area (Å²) in [7, 11) is 3.36. The minimum absolute atomic E-state index is 0.0177. The molecule has 0 unspecified atom stereocenters. The molecule has 1 aromatic heterocycles. The maximum atomic E-state index is 11.6. The van der Waals surface area contributed by atoms with Gasteiger partial charge < -0.3 is 14.2 Å². The lowest BCUT2D eigenvalue weighted by Gasteiger charge is -2.27. The predicted octanol–water partition coefficient (Wildman–Crippen LogP) is 1.70. The predicted molar refractivity (Wildman–Crippen MR) is 97.9 cm³/mol. The Morgan fingerprint density at radius 1 is 1.40 bits per heavy atom. The topological polar surface area (TPSA) is 53.5 Å². The van der Waals surface area contributed by atoms with Crippen LogP contribution in [-0.2, 0) is 23.2 Å². The van der Waals surface area contributed by atoms with Crippen molar-refractivity contribution in [3.05, 3.63) is 34.1 Å². The molecule has 0 radical (unpaired) electrons. The van der Waals surface area contributed by atoms with E-state index < -0.39 is 0 Å². The Kier molecular flexibility index (Phi) is 5.56. The van der Waals surface area contributed by atoms with Crippen molar-refractivity contribution in [3.63, 3.8) is 0 Å². The van der Waals surface area contributed by atoms with Gasteiger partial charge in [0.25, 0.3) is 0 Å². The fourth-order valence-corrected chi connectivity index (χ4v) is 3.68. The maximum absolute atomic E-state index is 11.6. The van der Waals surface area contributed by atoms with E-state index in [0.29, 0.717) is 16.5 Å². The van der Waals surface area contributed by atoms with Gasteiger partial charge in [0.2, 0.25) is 4.77 Å². The van der Waals surface area contributed by atoms with E-state index in [1.165, 1.54) is 12.0 Å². The number of nitrogens with one attached hydrogen (secondary N) is 1. The molecule has 1 fully saturated rings. The Labute approximate surface area is 157 Å². The number of benzene rings is 1. The Morgan fingerprint density at radius 3 is 2.72 bits per heavy atom. The van der Waals surface area contributed by atoms with Crippen molar-refractivity contribution in [2.24, 2.45) is 13.0 Å². The van der Waals surface area contributed by atoms with Crippen molar-refractivity contribution in [1.82, 2.24) is 14.3 Å². The van der Waals surface area contributed by atoms with Crippen LogP contribution in [0.2, 0.25) is 5.02 Å². The minimum Gasteiger partial charge on any atom is -0.469 e. The molecule has 1 N–H and O–H groups in total. The van der Waals surface area contributed by atoms with Crippen LogP contribution in [0, 0.1) is 10.7 Å².